The van der Waals surface area contributed by atoms with Crippen molar-refractivity contribution in [1.82, 2.24) is 0 Å². The summed E-state index contributed by atoms with van der Waals surface area (Å²) >= 11 is 6.08. The van der Waals surface area contributed by atoms with Crippen LogP contribution in [0.25, 0.3) is 0 Å². The second kappa shape index (κ2) is 11.9. The molecule has 6 nitrogen and oxygen atoms in total. The number of methoxy groups -OCH3 is 1. The van der Waals surface area contributed by atoms with Gasteiger partial charge in [0.15, 0.2) is 5.78 Å². The zero-order valence-electron chi connectivity index (χ0n) is 21.9. The van der Waals surface area contributed by atoms with Crippen LogP contribution in [0.5, 0.6) is 11.5 Å². The van der Waals surface area contributed by atoms with Crippen molar-refractivity contribution in [2.24, 2.45) is 10.9 Å². The molecule has 200 valence electrons. The van der Waals surface area contributed by atoms with Crippen molar-refractivity contribution in [2.45, 2.75) is 31.6 Å². The molecule has 0 bridgehead atoms. The van der Waals surface area contributed by atoms with Gasteiger partial charge in [0.25, 0.3) is 0 Å². The van der Waals surface area contributed by atoms with Crippen molar-refractivity contribution in [3.8, 4) is 11.5 Å². The molecule has 1 aliphatic carbocycles. The quantitative estimate of drug-likeness (QED) is 0.238. The second-order valence-electron chi connectivity index (χ2n) is 9.75. The lowest BCUT2D eigenvalue weighted by molar-refractivity contribution is -0.147. The van der Waals surface area contributed by atoms with Crippen LogP contribution in [0.1, 0.15) is 42.7 Å². The van der Waals surface area contributed by atoms with Gasteiger partial charge in [-0.1, -0.05) is 54.1 Å². The summed E-state index contributed by atoms with van der Waals surface area (Å²) in [6.07, 6.45) is 0.940. The summed E-state index contributed by atoms with van der Waals surface area (Å²) < 4.78 is 16.8. The molecule has 39 heavy (non-hydrogen) atoms. The number of carbonyl (C=O) groups excluding carboxylic acids is 2. The van der Waals surface area contributed by atoms with E-state index in [0.717, 1.165) is 16.8 Å². The van der Waals surface area contributed by atoms with Gasteiger partial charge >= 0.3 is 5.97 Å². The number of ketones is 1. The Balaban J connectivity index is 1.43. The molecule has 0 spiro atoms. The monoisotopic (exact) mass is 543 g/mol. The Labute approximate surface area is 233 Å². The summed E-state index contributed by atoms with van der Waals surface area (Å²) in [6, 6.07) is 24.5. The number of para-hydroxylation sites is 1. The summed E-state index contributed by atoms with van der Waals surface area (Å²) in [5, 5.41) is 0.654. The topological polar surface area (TPSA) is 74.2 Å². The average molecular weight is 544 g/mol. The third-order valence-corrected chi connectivity index (χ3v) is 7.53. The number of halogens is 1. The van der Waals surface area contributed by atoms with Crippen LogP contribution in [-0.4, -0.2) is 37.8 Å². The van der Waals surface area contributed by atoms with Crippen LogP contribution in [-0.2, 0) is 14.3 Å². The van der Waals surface area contributed by atoms with E-state index < -0.39 is 17.8 Å². The van der Waals surface area contributed by atoms with E-state index in [-0.39, 0.29) is 24.9 Å². The number of benzene rings is 3. The first kappa shape index (κ1) is 26.7. The normalized spacial score (nSPS) is 20.6. The van der Waals surface area contributed by atoms with Crippen molar-refractivity contribution in [1.29, 1.82) is 0 Å². The van der Waals surface area contributed by atoms with Crippen molar-refractivity contribution >= 4 is 29.1 Å². The van der Waals surface area contributed by atoms with Gasteiger partial charge in [-0.15, -0.1) is 0 Å². The molecule has 3 aromatic rings. The number of carbonyl (C=O) groups is 2. The minimum absolute atomic E-state index is 0.00494. The summed E-state index contributed by atoms with van der Waals surface area (Å²) in [5.41, 5.74) is 3.80. The molecule has 0 radical (unpaired) electrons. The first-order chi connectivity index (χ1) is 18.9. The molecule has 3 atom stereocenters. The highest BCUT2D eigenvalue weighted by atomic mass is 35.5. The maximum atomic E-state index is 13.8. The third kappa shape index (κ3) is 5.91. The summed E-state index contributed by atoms with van der Waals surface area (Å²) in [4.78, 5) is 32.1. The number of hydrogen-bond acceptors (Lipinski definition) is 6. The number of nitrogens with zero attached hydrogens (tertiary/aromatic N) is 1. The number of Topliss-reactive ketones (excluding diaryl/α,β-unsaturated/α-hetero) is 1. The Kier molecular flexibility index (Phi) is 8.13. The van der Waals surface area contributed by atoms with Crippen molar-refractivity contribution in [2.75, 3.05) is 20.3 Å². The lowest BCUT2D eigenvalue weighted by Crippen LogP contribution is -2.38. The van der Waals surface area contributed by atoms with Crippen molar-refractivity contribution in [3.05, 3.63) is 106 Å². The predicted molar refractivity (Wildman–Crippen MR) is 151 cm³/mol. The molecule has 5 rings (SSSR count). The molecular formula is C32H30ClNO5. The van der Waals surface area contributed by atoms with E-state index in [1.165, 1.54) is 0 Å². The van der Waals surface area contributed by atoms with Gasteiger partial charge in [-0.2, -0.15) is 0 Å². The van der Waals surface area contributed by atoms with Gasteiger partial charge in [0.1, 0.15) is 30.6 Å². The Hall–Kier alpha value is -3.90. The number of ether oxygens (including phenoxy) is 3. The number of esters is 1. The van der Waals surface area contributed by atoms with Gasteiger partial charge in [-0.05, 0) is 66.8 Å². The number of aliphatic imine (C=N–C) groups is 1. The Morgan fingerprint density at radius 3 is 2.41 bits per heavy atom. The highest BCUT2D eigenvalue weighted by Crippen LogP contribution is 2.47. The number of hydrogen-bond donors (Lipinski definition) is 0. The molecule has 0 saturated heterocycles. The molecule has 0 amide bonds. The van der Waals surface area contributed by atoms with E-state index in [2.05, 4.69) is 0 Å². The fourth-order valence-electron chi connectivity index (χ4n) is 5.44. The molecule has 0 N–H and O–H groups in total. The Morgan fingerprint density at radius 2 is 1.67 bits per heavy atom. The van der Waals surface area contributed by atoms with E-state index in [4.69, 9.17) is 30.8 Å². The fraction of sp³-hybridized carbons (Fsp3) is 0.281. The Morgan fingerprint density at radius 1 is 0.923 bits per heavy atom. The van der Waals surface area contributed by atoms with Gasteiger partial charge in [0, 0.05) is 34.3 Å². The zero-order valence-corrected chi connectivity index (χ0v) is 22.7. The summed E-state index contributed by atoms with van der Waals surface area (Å²) in [6.45, 7) is 2.14. The van der Waals surface area contributed by atoms with Gasteiger partial charge in [-0.25, -0.2) is 0 Å². The number of allylic oxidation sites excluding steroid dienone is 2. The van der Waals surface area contributed by atoms with Gasteiger partial charge in [0.05, 0.1) is 7.11 Å². The van der Waals surface area contributed by atoms with Crippen LogP contribution < -0.4 is 9.47 Å². The van der Waals surface area contributed by atoms with Gasteiger partial charge in [-0.3, -0.25) is 14.6 Å². The fourth-order valence-corrected chi connectivity index (χ4v) is 5.56. The molecule has 7 heteroatoms. The van der Waals surface area contributed by atoms with E-state index in [0.29, 0.717) is 40.6 Å². The molecule has 1 aliphatic heterocycles. The minimum atomic E-state index is -0.733. The van der Waals surface area contributed by atoms with E-state index in [1.54, 1.807) is 7.11 Å². The highest BCUT2D eigenvalue weighted by Gasteiger charge is 2.44. The number of rotatable bonds is 8. The molecule has 1 unspecified atom stereocenters. The van der Waals surface area contributed by atoms with E-state index in [1.807, 2.05) is 85.8 Å². The zero-order chi connectivity index (χ0) is 27.4. The minimum Gasteiger partial charge on any atom is -0.497 e. The van der Waals surface area contributed by atoms with Gasteiger partial charge in [0.2, 0.25) is 0 Å². The molecule has 3 aromatic carbocycles. The average Bonchev–Trinajstić information content (AvgIpc) is 2.95. The van der Waals surface area contributed by atoms with Crippen LogP contribution in [0.4, 0.5) is 0 Å². The summed E-state index contributed by atoms with van der Waals surface area (Å²) in [5.74, 6) is -0.339. The van der Waals surface area contributed by atoms with Crippen LogP contribution in [0, 0.1) is 5.92 Å². The Bertz CT molecular complexity index is 1410. The highest BCUT2D eigenvalue weighted by molar-refractivity contribution is 6.30. The maximum Gasteiger partial charge on any atom is 0.315 e. The molecular weight excluding hydrogens is 514 g/mol. The van der Waals surface area contributed by atoms with Crippen molar-refractivity contribution in [3.63, 3.8) is 0 Å². The molecule has 1 heterocycles. The molecule has 0 saturated carbocycles. The molecule has 0 aromatic heterocycles. The smallest absolute Gasteiger partial charge is 0.315 e. The summed E-state index contributed by atoms with van der Waals surface area (Å²) in [7, 11) is 1.60. The molecule has 2 aliphatic rings. The first-order valence-corrected chi connectivity index (χ1v) is 13.4. The van der Waals surface area contributed by atoms with Crippen LogP contribution in [0.15, 0.2) is 95.1 Å². The largest absolute Gasteiger partial charge is 0.497 e. The predicted octanol–water partition coefficient (Wildman–Crippen LogP) is 6.55. The van der Waals surface area contributed by atoms with Crippen molar-refractivity contribution < 1.29 is 23.8 Å². The first-order valence-electron chi connectivity index (χ1n) is 13.0. The standard InChI is InChI=1S/C32H30ClNO5/c1-20-29(32(36)39-16-15-38-25-8-4-3-5-9-25)30(22-7-6-10-26(17-22)37-2)31-27(34-20)18-23(19-28(31)35)21-11-13-24(33)14-12-21/h3-14,17,23,29-30H,15-16,18-19H2,1-2H3/t23-,29?,30-/m1/s1. The SMILES string of the molecule is COc1cccc([C@H]2C3=C(C[C@@H](c4ccc(Cl)cc4)CC3=O)N=C(C)C2C(=O)OCCOc2ccccc2)c1. The molecule has 0 fully saturated rings. The van der Waals surface area contributed by atoms with Gasteiger partial charge < -0.3 is 14.2 Å². The lowest BCUT2D eigenvalue weighted by atomic mass is 9.69. The third-order valence-electron chi connectivity index (χ3n) is 7.28. The van der Waals surface area contributed by atoms with Crippen LogP contribution in [0.2, 0.25) is 5.02 Å². The van der Waals surface area contributed by atoms with Crippen LogP contribution in [0.3, 0.4) is 0 Å². The maximum absolute atomic E-state index is 13.8. The van der Waals surface area contributed by atoms with E-state index in [9.17, 15) is 9.59 Å². The second-order valence-corrected chi connectivity index (χ2v) is 10.2. The van der Waals surface area contributed by atoms with E-state index >= 15 is 0 Å². The lowest BCUT2D eigenvalue weighted by Gasteiger charge is -2.36. The van der Waals surface area contributed by atoms with Crippen LogP contribution >= 0.6 is 11.6 Å².